The molecule has 0 aromatic rings. The van der Waals surface area contributed by atoms with Crippen LogP contribution in [0.15, 0.2) is 5.11 Å². The Morgan fingerprint density at radius 3 is 0.837 bits per heavy atom. The smallest absolute Gasteiger partial charge is 0.264 e. The van der Waals surface area contributed by atoms with Gasteiger partial charge in [0, 0.05) is 11.5 Å². The number of hydrogen-bond acceptors (Lipinski definition) is 15. The van der Waals surface area contributed by atoms with Gasteiger partial charge in [0.1, 0.15) is 0 Å². The zero-order chi connectivity index (χ0) is 31.4. The molecule has 0 bridgehead atoms. The van der Waals surface area contributed by atoms with Crippen molar-refractivity contribution in [2.75, 3.05) is 165 Å². The fourth-order valence-corrected chi connectivity index (χ4v) is 3.07. The summed E-state index contributed by atoms with van der Waals surface area (Å²) in [5.74, 6) is 0. The molecule has 0 aliphatic carbocycles. The Morgan fingerprint density at radius 2 is 0.628 bits per heavy atom. The molecule has 43 heavy (non-hydrogen) atoms. The van der Waals surface area contributed by atoms with E-state index in [2.05, 4.69) is 14.2 Å². The molecule has 0 saturated heterocycles. The molecular weight excluding hydrogens is 598 g/mol. The van der Waals surface area contributed by atoms with E-state index in [1.165, 1.54) is 0 Å². The Balaban J connectivity index is 3.06. The van der Waals surface area contributed by atoms with Crippen LogP contribution in [0.5, 0.6) is 0 Å². The molecule has 0 heterocycles. The molecule has 0 saturated carbocycles. The van der Waals surface area contributed by atoms with E-state index in [4.69, 9.17) is 57.6 Å². The third-order valence-electron chi connectivity index (χ3n) is 4.64. The normalized spacial score (nSPS) is 11.7. The average molecular weight is 650 g/mol. The van der Waals surface area contributed by atoms with E-state index in [9.17, 15) is 8.42 Å². The summed E-state index contributed by atoms with van der Waals surface area (Å²) in [6.45, 7) is 10.1. The number of nitrogens with zero attached hydrogens (tertiary/aromatic N) is 3. The highest BCUT2D eigenvalue weighted by Gasteiger charge is 2.00. The average Bonchev–Trinajstić information content (AvgIpc) is 2.98. The Labute approximate surface area is 255 Å². The van der Waals surface area contributed by atoms with Gasteiger partial charge in [-0.05, 0) is 5.53 Å². The number of ether oxygens (including phenoxy) is 11. The fourth-order valence-electron chi connectivity index (χ4n) is 2.70. The summed E-state index contributed by atoms with van der Waals surface area (Å²) in [6, 6.07) is 0. The number of azide groups is 1. The molecule has 0 atom stereocenters. The fraction of sp³-hybridized carbons (Fsp3) is 1.00. The second-order valence-electron chi connectivity index (χ2n) is 8.22. The van der Waals surface area contributed by atoms with Crippen LogP contribution in [0, 0.1) is 0 Å². The molecule has 0 fully saturated rings. The molecule has 0 aromatic carbocycles. The maximum absolute atomic E-state index is 10.8. The first kappa shape index (κ1) is 41.8. The lowest BCUT2D eigenvalue weighted by Crippen LogP contribution is -2.15. The van der Waals surface area contributed by atoms with Crippen molar-refractivity contribution in [1.29, 1.82) is 0 Å². The SMILES string of the molecule is CS(=O)(=O)OCCOCCOCCOCCOCCOCCOCCOCCOCCOCCOCCOCCN=[N+]=[N-]. The van der Waals surface area contributed by atoms with Crippen LogP contribution in [-0.2, 0) is 66.4 Å². The van der Waals surface area contributed by atoms with Crippen molar-refractivity contribution in [3.8, 4) is 0 Å². The second kappa shape index (κ2) is 35.3. The molecule has 0 rings (SSSR count). The van der Waals surface area contributed by atoms with Crippen molar-refractivity contribution >= 4 is 10.1 Å². The van der Waals surface area contributed by atoms with Crippen LogP contribution in [0.25, 0.3) is 10.4 Å². The molecule has 0 aromatic heterocycles. The van der Waals surface area contributed by atoms with Crippen LogP contribution >= 0.6 is 0 Å². The second-order valence-corrected chi connectivity index (χ2v) is 9.86. The summed E-state index contributed by atoms with van der Waals surface area (Å²) in [5, 5.41) is 3.36. The van der Waals surface area contributed by atoms with Gasteiger partial charge in [0.2, 0.25) is 0 Å². The summed E-state index contributed by atoms with van der Waals surface area (Å²) in [7, 11) is -3.43. The first-order valence-electron chi connectivity index (χ1n) is 14.3. The third-order valence-corrected chi connectivity index (χ3v) is 5.24. The summed E-state index contributed by atoms with van der Waals surface area (Å²) in [5.41, 5.74) is 8.12. The van der Waals surface area contributed by atoms with E-state index in [1.807, 2.05) is 0 Å². The van der Waals surface area contributed by atoms with Gasteiger partial charge in [0.05, 0.1) is 158 Å². The lowest BCUT2D eigenvalue weighted by molar-refractivity contribution is -0.0276. The molecule has 256 valence electrons. The van der Waals surface area contributed by atoms with Gasteiger partial charge in [-0.2, -0.15) is 8.42 Å². The molecule has 17 nitrogen and oxygen atoms in total. The van der Waals surface area contributed by atoms with Crippen molar-refractivity contribution in [2.45, 2.75) is 0 Å². The summed E-state index contributed by atoms with van der Waals surface area (Å²) in [6.07, 6.45) is 0.993. The minimum atomic E-state index is -3.43. The van der Waals surface area contributed by atoms with Gasteiger partial charge in [-0.1, -0.05) is 5.11 Å². The molecule has 0 aliphatic heterocycles. The van der Waals surface area contributed by atoms with E-state index < -0.39 is 10.1 Å². The minimum absolute atomic E-state index is 0.00553. The number of rotatable bonds is 37. The molecule has 18 heteroatoms. The Morgan fingerprint density at radius 1 is 0.419 bits per heavy atom. The molecule has 0 aliphatic rings. The Bertz CT molecular complexity index is 717. The lowest BCUT2D eigenvalue weighted by Gasteiger charge is -2.09. The molecule has 0 radical (unpaired) electrons. The first-order chi connectivity index (χ1) is 21.1. The largest absolute Gasteiger partial charge is 0.379 e. The maximum atomic E-state index is 10.8. The van der Waals surface area contributed by atoms with E-state index in [0.717, 1.165) is 6.26 Å². The van der Waals surface area contributed by atoms with Crippen LogP contribution in [-0.4, -0.2) is 173 Å². The first-order valence-corrected chi connectivity index (χ1v) is 16.1. The maximum Gasteiger partial charge on any atom is 0.264 e. The molecule has 0 amide bonds. The Kier molecular flexibility index (Phi) is 34.3. The quantitative estimate of drug-likeness (QED) is 0.0296. The molecule has 0 spiro atoms. The van der Waals surface area contributed by atoms with Crippen LogP contribution in [0.4, 0.5) is 0 Å². The van der Waals surface area contributed by atoms with Gasteiger partial charge in [-0.25, -0.2) is 0 Å². The van der Waals surface area contributed by atoms with Crippen LogP contribution in [0.1, 0.15) is 0 Å². The van der Waals surface area contributed by atoms with Crippen molar-refractivity contribution < 1.29 is 64.7 Å². The van der Waals surface area contributed by atoms with E-state index in [1.54, 1.807) is 0 Å². The van der Waals surface area contributed by atoms with Crippen molar-refractivity contribution in [3.05, 3.63) is 10.4 Å². The molecule has 0 N–H and O–H groups in total. The zero-order valence-corrected chi connectivity index (χ0v) is 26.3. The van der Waals surface area contributed by atoms with E-state index in [0.29, 0.717) is 145 Å². The predicted octanol–water partition coefficient (Wildman–Crippen LogP) is 0.456. The Hall–Kier alpha value is -1.22. The van der Waals surface area contributed by atoms with Gasteiger partial charge >= 0.3 is 0 Å². The number of hydrogen-bond donors (Lipinski definition) is 0. The lowest BCUT2D eigenvalue weighted by atomic mass is 10.6. The summed E-state index contributed by atoms with van der Waals surface area (Å²) < 4.78 is 85.1. The van der Waals surface area contributed by atoms with Crippen molar-refractivity contribution in [1.82, 2.24) is 0 Å². The third kappa shape index (κ3) is 40.8. The predicted molar refractivity (Wildman–Crippen MR) is 154 cm³/mol. The highest BCUT2D eigenvalue weighted by atomic mass is 32.2. The van der Waals surface area contributed by atoms with Crippen molar-refractivity contribution in [3.63, 3.8) is 0 Å². The standard InChI is InChI=1S/C25H51N3O14S/c1-43(29,30)42-25-24-41-23-22-40-21-20-39-19-18-38-17-16-37-15-14-36-13-12-35-11-10-34-9-8-33-7-6-32-5-4-31-3-2-27-28-26/h2-25H2,1H3. The van der Waals surface area contributed by atoms with Gasteiger partial charge in [0.25, 0.3) is 10.1 Å². The van der Waals surface area contributed by atoms with E-state index >= 15 is 0 Å². The minimum Gasteiger partial charge on any atom is -0.379 e. The van der Waals surface area contributed by atoms with Gasteiger partial charge in [-0.15, -0.1) is 0 Å². The summed E-state index contributed by atoms with van der Waals surface area (Å²) >= 11 is 0. The van der Waals surface area contributed by atoms with Crippen LogP contribution < -0.4 is 0 Å². The summed E-state index contributed by atoms with van der Waals surface area (Å²) in [4.78, 5) is 2.64. The molecular formula is C25H51N3O14S. The highest BCUT2D eigenvalue weighted by molar-refractivity contribution is 7.85. The van der Waals surface area contributed by atoms with Gasteiger partial charge in [-0.3, -0.25) is 4.18 Å². The highest BCUT2D eigenvalue weighted by Crippen LogP contribution is 1.89. The van der Waals surface area contributed by atoms with Gasteiger partial charge < -0.3 is 52.1 Å². The van der Waals surface area contributed by atoms with Crippen molar-refractivity contribution in [2.24, 2.45) is 5.11 Å². The molecule has 0 unspecified atom stereocenters. The topological polar surface area (TPSA) is 194 Å². The van der Waals surface area contributed by atoms with Crippen LogP contribution in [0.3, 0.4) is 0 Å². The monoisotopic (exact) mass is 649 g/mol. The zero-order valence-electron chi connectivity index (χ0n) is 25.4. The van der Waals surface area contributed by atoms with Crippen LogP contribution in [0.2, 0.25) is 0 Å². The van der Waals surface area contributed by atoms with Gasteiger partial charge in [0.15, 0.2) is 0 Å². The van der Waals surface area contributed by atoms with E-state index in [-0.39, 0.29) is 13.2 Å².